The first-order valence-corrected chi connectivity index (χ1v) is 7.16. The van der Waals surface area contributed by atoms with Gasteiger partial charge in [0, 0.05) is 30.3 Å². The molecule has 0 aliphatic carbocycles. The van der Waals surface area contributed by atoms with Gasteiger partial charge in [-0.2, -0.15) is 0 Å². The zero-order chi connectivity index (χ0) is 15.2. The molecule has 0 spiro atoms. The molecule has 2 heterocycles. The van der Waals surface area contributed by atoms with Crippen molar-refractivity contribution in [3.05, 3.63) is 29.6 Å². The predicted octanol–water partition coefficient (Wildman–Crippen LogP) is 1.36. The molecule has 0 amide bonds. The summed E-state index contributed by atoms with van der Waals surface area (Å²) in [6, 6.07) is 5.68. The van der Waals surface area contributed by atoms with E-state index in [-0.39, 0.29) is 18.9 Å². The SMILES string of the molecule is O=C(O)CCc1cccc(C2CCCN(CC(=O)O)C2)n1. The van der Waals surface area contributed by atoms with E-state index in [1.54, 1.807) is 0 Å². The number of carboxylic acids is 2. The Kier molecular flexibility index (Phi) is 5.27. The Labute approximate surface area is 123 Å². The number of aliphatic carboxylic acids is 2. The maximum absolute atomic E-state index is 10.8. The third-order valence-corrected chi connectivity index (χ3v) is 3.71. The fourth-order valence-corrected chi connectivity index (χ4v) is 2.73. The van der Waals surface area contributed by atoms with E-state index in [9.17, 15) is 9.59 Å². The van der Waals surface area contributed by atoms with Crippen molar-refractivity contribution in [2.45, 2.75) is 31.6 Å². The van der Waals surface area contributed by atoms with Crippen LogP contribution in [0.4, 0.5) is 0 Å². The van der Waals surface area contributed by atoms with Gasteiger partial charge in [0.2, 0.25) is 0 Å². The molecule has 114 valence electrons. The fraction of sp³-hybridized carbons (Fsp3) is 0.533. The smallest absolute Gasteiger partial charge is 0.317 e. The minimum absolute atomic E-state index is 0.0647. The van der Waals surface area contributed by atoms with Gasteiger partial charge in [0.1, 0.15) is 0 Å². The lowest BCUT2D eigenvalue weighted by Gasteiger charge is -2.31. The zero-order valence-electron chi connectivity index (χ0n) is 11.9. The number of hydrogen-bond donors (Lipinski definition) is 2. The third-order valence-electron chi connectivity index (χ3n) is 3.71. The summed E-state index contributed by atoms with van der Waals surface area (Å²) < 4.78 is 0. The summed E-state index contributed by atoms with van der Waals surface area (Å²) in [6.07, 6.45) is 2.45. The first kappa shape index (κ1) is 15.4. The van der Waals surface area contributed by atoms with E-state index in [0.717, 1.165) is 30.8 Å². The van der Waals surface area contributed by atoms with Gasteiger partial charge < -0.3 is 10.2 Å². The molecule has 1 atom stereocenters. The highest BCUT2D eigenvalue weighted by Crippen LogP contribution is 2.25. The van der Waals surface area contributed by atoms with E-state index in [0.29, 0.717) is 13.0 Å². The Morgan fingerprint density at radius 1 is 1.29 bits per heavy atom. The Bertz CT molecular complexity index is 518. The van der Waals surface area contributed by atoms with E-state index < -0.39 is 11.9 Å². The Hall–Kier alpha value is -1.95. The summed E-state index contributed by atoms with van der Waals surface area (Å²) in [5.74, 6) is -1.41. The zero-order valence-corrected chi connectivity index (χ0v) is 11.9. The van der Waals surface area contributed by atoms with Crippen LogP contribution < -0.4 is 0 Å². The molecule has 1 aromatic heterocycles. The van der Waals surface area contributed by atoms with Crippen LogP contribution in [-0.4, -0.2) is 51.7 Å². The van der Waals surface area contributed by atoms with Gasteiger partial charge in [-0.05, 0) is 31.5 Å². The Morgan fingerprint density at radius 2 is 2.10 bits per heavy atom. The maximum Gasteiger partial charge on any atom is 0.317 e. The molecule has 1 aliphatic heterocycles. The van der Waals surface area contributed by atoms with E-state index in [2.05, 4.69) is 4.98 Å². The van der Waals surface area contributed by atoms with Crippen molar-refractivity contribution in [3.63, 3.8) is 0 Å². The van der Waals surface area contributed by atoms with Crippen molar-refractivity contribution in [2.24, 2.45) is 0 Å². The molecule has 0 saturated carbocycles. The fourth-order valence-electron chi connectivity index (χ4n) is 2.73. The second kappa shape index (κ2) is 7.17. The summed E-state index contributed by atoms with van der Waals surface area (Å²) >= 11 is 0. The highest BCUT2D eigenvalue weighted by Gasteiger charge is 2.23. The van der Waals surface area contributed by atoms with Gasteiger partial charge in [0.05, 0.1) is 13.0 Å². The van der Waals surface area contributed by atoms with Crippen molar-refractivity contribution in [1.29, 1.82) is 0 Å². The Morgan fingerprint density at radius 3 is 2.81 bits per heavy atom. The summed E-state index contributed by atoms with van der Waals surface area (Å²) in [5, 5.41) is 17.6. The van der Waals surface area contributed by atoms with E-state index >= 15 is 0 Å². The summed E-state index contributed by atoms with van der Waals surface area (Å²) in [6.45, 7) is 1.57. The second-order valence-electron chi connectivity index (χ2n) is 5.42. The second-order valence-corrected chi connectivity index (χ2v) is 5.42. The third kappa shape index (κ3) is 4.82. The molecule has 1 saturated heterocycles. The van der Waals surface area contributed by atoms with Crippen molar-refractivity contribution < 1.29 is 19.8 Å². The molecule has 2 rings (SSSR count). The van der Waals surface area contributed by atoms with Crippen LogP contribution in [0.5, 0.6) is 0 Å². The number of aromatic nitrogens is 1. The van der Waals surface area contributed by atoms with Crippen molar-refractivity contribution in [2.75, 3.05) is 19.6 Å². The van der Waals surface area contributed by atoms with Crippen LogP contribution in [-0.2, 0) is 16.0 Å². The highest BCUT2D eigenvalue weighted by molar-refractivity contribution is 5.69. The summed E-state index contributed by atoms with van der Waals surface area (Å²) in [4.78, 5) is 27.9. The number of carbonyl (C=O) groups is 2. The molecule has 0 aromatic carbocycles. The molecule has 1 aromatic rings. The monoisotopic (exact) mass is 292 g/mol. The molecule has 2 N–H and O–H groups in total. The molecular weight excluding hydrogens is 272 g/mol. The van der Waals surface area contributed by atoms with Crippen LogP contribution in [0.15, 0.2) is 18.2 Å². The van der Waals surface area contributed by atoms with Gasteiger partial charge in [-0.3, -0.25) is 19.5 Å². The van der Waals surface area contributed by atoms with E-state index in [4.69, 9.17) is 10.2 Å². The Balaban J connectivity index is 2.01. The molecule has 1 fully saturated rings. The largest absolute Gasteiger partial charge is 0.481 e. The van der Waals surface area contributed by atoms with Gasteiger partial charge in [-0.15, -0.1) is 0 Å². The average molecular weight is 292 g/mol. The molecule has 0 radical (unpaired) electrons. The summed E-state index contributed by atoms with van der Waals surface area (Å²) in [7, 11) is 0. The van der Waals surface area contributed by atoms with Crippen LogP contribution >= 0.6 is 0 Å². The first-order chi connectivity index (χ1) is 10.0. The van der Waals surface area contributed by atoms with Crippen LogP contribution in [0, 0.1) is 0 Å². The lowest BCUT2D eigenvalue weighted by atomic mass is 9.94. The van der Waals surface area contributed by atoms with Gasteiger partial charge in [-0.1, -0.05) is 6.07 Å². The lowest BCUT2D eigenvalue weighted by molar-refractivity contribution is -0.139. The van der Waals surface area contributed by atoms with Crippen LogP contribution in [0.3, 0.4) is 0 Å². The van der Waals surface area contributed by atoms with Gasteiger partial charge >= 0.3 is 11.9 Å². The first-order valence-electron chi connectivity index (χ1n) is 7.16. The number of carboxylic acid groups (broad SMARTS) is 2. The topological polar surface area (TPSA) is 90.7 Å². The van der Waals surface area contributed by atoms with Gasteiger partial charge in [0.15, 0.2) is 0 Å². The molecule has 21 heavy (non-hydrogen) atoms. The number of hydrogen-bond acceptors (Lipinski definition) is 4. The number of likely N-dealkylation sites (tertiary alicyclic amines) is 1. The molecule has 6 nitrogen and oxygen atoms in total. The van der Waals surface area contributed by atoms with Gasteiger partial charge in [-0.25, -0.2) is 0 Å². The molecule has 0 bridgehead atoms. The summed E-state index contributed by atoms with van der Waals surface area (Å²) in [5.41, 5.74) is 1.72. The highest BCUT2D eigenvalue weighted by atomic mass is 16.4. The van der Waals surface area contributed by atoms with Crippen LogP contribution in [0.1, 0.15) is 36.6 Å². The van der Waals surface area contributed by atoms with Gasteiger partial charge in [0.25, 0.3) is 0 Å². The molecule has 6 heteroatoms. The minimum Gasteiger partial charge on any atom is -0.481 e. The number of nitrogens with zero attached hydrogens (tertiary/aromatic N) is 2. The molecule has 1 aliphatic rings. The molecule has 1 unspecified atom stereocenters. The normalized spacial score (nSPS) is 19.3. The van der Waals surface area contributed by atoms with Crippen molar-refractivity contribution in [3.8, 4) is 0 Å². The van der Waals surface area contributed by atoms with E-state index in [1.807, 2.05) is 23.1 Å². The lowest BCUT2D eigenvalue weighted by Crippen LogP contribution is -2.38. The maximum atomic E-state index is 10.8. The minimum atomic E-state index is -0.826. The quantitative estimate of drug-likeness (QED) is 0.822. The van der Waals surface area contributed by atoms with Crippen molar-refractivity contribution in [1.82, 2.24) is 9.88 Å². The van der Waals surface area contributed by atoms with Crippen LogP contribution in [0.25, 0.3) is 0 Å². The van der Waals surface area contributed by atoms with Crippen molar-refractivity contribution >= 4 is 11.9 Å². The molecular formula is C15H20N2O4. The number of pyridine rings is 1. The number of aryl methyl sites for hydroxylation is 1. The van der Waals surface area contributed by atoms with Crippen LogP contribution in [0.2, 0.25) is 0 Å². The number of rotatable bonds is 6. The predicted molar refractivity (Wildman–Crippen MR) is 76.2 cm³/mol. The standard InChI is InChI=1S/C15H20N2O4/c18-14(19)7-6-12-4-1-5-13(16-12)11-3-2-8-17(9-11)10-15(20)21/h1,4-5,11H,2-3,6-10H2,(H,18,19)(H,20,21). The average Bonchev–Trinajstić information content (AvgIpc) is 2.45. The number of piperidine rings is 1. The van der Waals surface area contributed by atoms with E-state index in [1.165, 1.54) is 0 Å².